The molecule has 0 atom stereocenters. The highest BCUT2D eigenvalue weighted by molar-refractivity contribution is 5.88. The Bertz CT molecular complexity index is 864. The zero-order valence-electron chi connectivity index (χ0n) is 14.0. The first kappa shape index (κ1) is 15.5. The average molecular weight is 340 g/mol. The number of carbonyl (C=O) groups is 1. The predicted octanol–water partition coefficient (Wildman–Crippen LogP) is 2.40. The predicted molar refractivity (Wildman–Crippen MR) is 91.1 cm³/mol. The monoisotopic (exact) mass is 340 g/mol. The van der Waals surface area contributed by atoms with Crippen molar-refractivity contribution >= 4 is 11.8 Å². The molecule has 0 bridgehead atoms. The summed E-state index contributed by atoms with van der Waals surface area (Å²) in [6, 6.07) is 5.27. The molecule has 0 saturated carbocycles. The first-order valence-corrected chi connectivity index (χ1v) is 8.32. The highest BCUT2D eigenvalue weighted by Gasteiger charge is 2.21. The Morgan fingerprint density at radius 3 is 3.20 bits per heavy atom. The smallest absolute Gasteiger partial charge is 0.323 e. The van der Waals surface area contributed by atoms with Gasteiger partial charge in [-0.1, -0.05) is 0 Å². The van der Waals surface area contributed by atoms with E-state index >= 15 is 0 Å². The zero-order valence-corrected chi connectivity index (χ0v) is 14.0. The number of hydrogen-bond acceptors (Lipinski definition) is 4. The number of carbonyl (C=O) groups excluding carboxylic acids is 1. The second-order valence-corrected chi connectivity index (χ2v) is 6.22. The van der Waals surface area contributed by atoms with Crippen LogP contribution in [-0.4, -0.2) is 38.0 Å². The van der Waals surface area contributed by atoms with Crippen LogP contribution in [0.4, 0.5) is 10.6 Å². The quantitative estimate of drug-likeness (QED) is 0.746. The second-order valence-electron chi connectivity index (χ2n) is 6.22. The molecule has 8 nitrogen and oxygen atoms in total. The molecule has 0 fully saturated rings. The minimum Gasteiger partial charge on any atom is -0.467 e. The van der Waals surface area contributed by atoms with Gasteiger partial charge in [0.25, 0.3) is 0 Å². The minimum atomic E-state index is -0.198. The number of rotatable bonds is 5. The van der Waals surface area contributed by atoms with Crippen molar-refractivity contribution in [2.24, 2.45) is 0 Å². The molecule has 0 radical (unpaired) electrons. The van der Waals surface area contributed by atoms with Crippen LogP contribution in [0.15, 0.2) is 35.1 Å². The van der Waals surface area contributed by atoms with Gasteiger partial charge in [0.15, 0.2) is 0 Å². The van der Waals surface area contributed by atoms with Gasteiger partial charge in [-0.25, -0.2) is 9.48 Å². The van der Waals surface area contributed by atoms with Crippen LogP contribution in [0.3, 0.4) is 0 Å². The van der Waals surface area contributed by atoms with Gasteiger partial charge in [0.1, 0.15) is 18.1 Å². The first-order chi connectivity index (χ1) is 12.2. The summed E-state index contributed by atoms with van der Waals surface area (Å²) in [4.78, 5) is 14.1. The van der Waals surface area contributed by atoms with Crippen LogP contribution in [0.2, 0.25) is 0 Å². The van der Waals surface area contributed by atoms with Gasteiger partial charge < -0.3 is 9.32 Å². The van der Waals surface area contributed by atoms with E-state index in [2.05, 4.69) is 20.6 Å². The summed E-state index contributed by atoms with van der Waals surface area (Å²) in [6.45, 7) is 0.941. The van der Waals surface area contributed by atoms with Gasteiger partial charge in [-0.15, -0.1) is 0 Å². The third kappa shape index (κ3) is 3.15. The molecule has 0 spiro atoms. The number of furan rings is 1. The van der Waals surface area contributed by atoms with Gasteiger partial charge >= 0.3 is 6.03 Å². The number of anilines is 1. The van der Waals surface area contributed by atoms with Crippen molar-refractivity contribution in [2.75, 3.05) is 12.4 Å². The molecule has 2 amide bonds. The second kappa shape index (κ2) is 6.46. The van der Waals surface area contributed by atoms with E-state index in [-0.39, 0.29) is 6.03 Å². The number of aryl methyl sites for hydroxylation is 1. The molecule has 3 heterocycles. The highest BCUT2D eigenvalue weighted by Crippen LogP contribution is 2.23. The van der Waals surface area contributed by atoms with Gasteiger partial charge in [-0.2, -0.15) is 10.2 Å². The van der Waals surface area contributed by atoms with Crippen molar-refractivity contribution in [1.29, 1.82) is 0 Å². The van der Waals surface area contributed by atoms with E-state index in [0.717, 1.165) is 30.7 Å². The molecular formula is C17H20N6O2. The summed E-state index contributed by atoms with van der Waals surface area (Å²) < 4.78 is 7.02. The number of amides is 2. The summed E-state index contributed by atoms with van der Waals surface area (Å²) in [5.74, 6) is 1.40. The maximum atomic E-state index is 12.5. The third-order valence-corrected chi connectivity index (χ3v) is 4.46. The highest BCUT2D eigenvalue weighted by atomic mass is 16.3. The molecule has 0 saturated heterocycles. The lowest BCUT2D eigenvalue weighted by atomic mass is 10.2. The van der Waals surface area contributed by atoms with E-state index in [0.29, 0.717) is 18.9 Å². The van der Waals surface area contributed by atoms with E-state index in [9.17, 15) is 4.79 Å². The van der Waals surface area contributed by atoms with Gasteiger partial charge in [0, 0.05) is 18.8 Å². The Kier molecular flexibility index (Phi) is 4.01. The van der Waals surface area contributed by atoms with Crippen molar-refractivity contribution in [2.45, 2.75) is 32.4 Å². The number of nitrogens with one attached hydrogen (secondary N) is 2. The van der Waals surface area contributed by atoms with Crippen molar-refractivity contribution in [3.63, 3.8) is 0 Å². The molecule has 2 N–H and O–H groups in total. The fraction of sp³-hybridized carbons (Fsp3) is 0.353. The Morgan fingerprint density at radius 1 is 1.44 bits per heavy atom. The molecule has 0 aromatic carbocycles. The lowest BCUT2D eigenvalue weighted by molar-refractivity contribution is 0.220. The van der Waals surface area contributed by atoms with E-state index < -0.39 is 0 Å². The van der Waals surface area contributed by atoms with Gasteiger partial charge in [0.05, 0.1) is 24.7 Å². The number of aromatic nitrogens is 4. The molecular weight excluding hydrogens is 320 g/mol. The molecule has 1 aliphatic carbocycles. The summed E-state index contributed by atoms with van der Waals surface area (Å²) in [5, 5.41) is 14.5. The van der Waals surface area contributed by atoms with Crippen LogP contribution < -0.4 is 5.32 Å². The van der Waals surface area contributed by atoms with Crippen molar-refractivity contribution < 1.29 is 9.21 Å². The van der Waals surface area contributed by atoms with Crippen LogP contribution in [0, 0.1) is 0 Å². The molecule has 3 aromatic rings. The van der Waals surface area contributed by atoms with E-state index in [1.54, 1.807) is 35.2 Å². The van der Waals surface area contributed by atoms with Crippen molar-refractivity contribution in [3.05, 3.63) is 53.4 Å². The Balaban J connectivity index is 1.41. The van der Waals surface area contributed by atoms with Crippen LogP contribution in [-0.2, 0) is 25.9 Å². The number of hydrogen-bond donors (Lipinski definition) is 2. The summed E-state index contributed by atoms with van der Waals surface area (Å²) in [6.07, 6.45) is 6.50. The lowest BCUT2D eigenvalue weighted by Crippen LogP contribution is -2.32. The Morgan fingerprint density at radius 2 is 2.36 bits per heavy atom. The van der Waals surface area contributed by atoms with E-state index in [4.69, 9.17) is 4.42 Å². The van der Waals surface area contributed by atoms with Crippen LogP contribution in [0.1, 0.15) is 29.1 Å². The number of fused-ring (bicyclic) bond motifs is 1. The molecule has 4 rings (SSSR count). The summed E-state index contributed by atoms with van der Waals surface area (Å²) in [5.41, 5.74) is 3.43. The summed E-state index contributed by atoms with van der Waals surface area (Å²) >= 11 is 0. The van der Waals surface area contributed by atoms with E-state index in [1.165, 1.54) is 11.3 Å². The van der Waals surface area contributed by atoms with E-state index in [1.807, 2.05) is 12.1 Å². The number of urea groups is 1. The molecule has 130 valence electrons. The van der Waals surface area contributed by atoms with Crippen molar-refractivity contribution in [3.8, 4) is 0 Å². The SMILES string of the molecule is CN(Cc1n[nH]c2c1CCC2)C(=O)Nc1ccnn1Cc1ccco1. The zero-order chi connectivity index (χ0) is 17.2. The third-order valence-electron chi connectivity index (χ3n) is 4.46. The molecule has 1 aliphatic rings. The Labute approximate surface area is 144 Å². The molecule has 0 unspecified atom stereocenters. The average Bonchev–Trinajstić information content (AvgIpc) is 3.36. The van der Waals surface area contributed by atoms with Crippen molar-refractivity contribution in [1.82, 2.24) is 24.9 Å². The lowest BCUT2D eigenvalue weighted by Gasteiger charge is -2.17. The first-order valence-electron chi connectivity index (χ1n) is 8.32. The number of aromatic amines is 1. The van der Waals surface area contributed by atoms with Crippen LogP contribution in [0.5, 0.6) is 0 Å². The molecule has 25 heavy (non-hydrogen) atoms. The van der Waals surface area contributed by atoms with Gasteiger partial charge in [0.2, 0.25) is 0 Å². The largest absolute Gasteiger partial charge is 0.467 e. The van der Waals surface area contributed by atoms with Crippen LogP contribution >= 0.6 is 0 Å². The maximum Gasteiger partial charge on any atom is 0.323 e. The summed E-state index contributed by atoms with van der Waals surface area (Å²) in [7, 11) is 1.76. The normalized spacial score (nSPS) is 13.0. The standard InChI is InChI=1S/C17H20N6O2/c1-22(11-15-13-5-2-6-14(13)20-21-15)17(24)19-16-7-8-18-23(16)10-12-4-3-9-25-12/h3-4,7-9H,2,5-6,10-11H2,1H3,(H,19,24)(H,20,21). The van der Waals surface area contributed by atoms with Gasteiger partial charge in [-0.05, 0) is 37.0 Å². The topological polar surface area (TPSA) is 92.0 Å². The minimum absolute atomic E-state index is 0.198. The van der Waals surface area contributed by atoms with Crippen LogP contribution in [0.25, 0.3) is 0 Å². The van der Waals surface area contributed by atoms with Gasteiger partial charge in [-0.3, -0.25) is 10.4 Å². The maximum absolute atomic E-state index is 12.5. The molecule has 0 aliphatic heterocycles. The molecule has 3 aromatic heterocycles. The molecule has 8 heteroatoms. The number of nitrogens with zero attached hydrogens (tertiary/aromatic N) is 4. The Hall–Kier alpha value is -3.03. The fourth-order valence-electron chi connectivity index (χ4n) is 3.14. The number of H-pyrrole nitrogens is 1. The fourth-order valence-corrected chi connectivity index (χ4v) is 3.14.